The van der Waals surface area contributed by atoms with Crippen LogP contribution in [0.2, 0.25) is 0 Å². The van der Waals surface area contributed by atoms with Crippen LogP contribution < -0.4 is 0 Å². The van der Waals surface area contributed by atoms with Crippen LogP contribution in [0.15, 0.2) is 41.6 Å². The van der Waals surface area contributed by atoms with Crippen molar-refractivity contribution >= 4 is 11.8 Å². The zero-order valence-corrected chi connectivity index (χ0v) is 28.2. The van der Waals surface area contributed by atoms with Crippen LogP contribution >= 0.6 is 0 Å². The number of aliphatic hydroxyl groups excluding tert-OH is 1. The van der Waals surface area contributed by atoms with E-state index in [2.05, 4.69) is 71.6 Å². The highest BCUT2D eigenvalue weighted by Crippen LogP contribution is 2.76. The quantitative estimate of drug-likeness (QED) is 0.135. The van der Waals surface area contributed by atoms with Crippen LogP contribution in [0, 0.1) is 56.7 Å². The number of allylic oxidation sites excluding steroid dienone is 4. The van der Waals surface area contributed by atoms with E-state index in [-0.39, 0.29) is 16.6 Å². The Hall–Kier alpha value is -1.82. The second-order valence-corrected chi connectivity index (χ2v) is 16.7. The smallest absolute Gasteiger partial charge is 0.177 e. The van der Waals surface area contributed by atoms with E-state index < -0.39 is 0 Å². The van der Waals surface area contributed by atoms with Crippen LogP contribution in [-0.4, -0.2) is 23.5 Å². The lowest BCUT2D eigenvalue weighted by atomic mass is 9.32. The van der Waals surface area contributed by atoms with Crippen molar-refractivity contribution in [1.29, 1.82) is 0 Å². The first-order valence-electron chi connectivity index (χ1n) is 17.2. The van der Waals surface area contributed by atoms with Crippen LogP contribution in [0.25, 0.3) is 0 Å². The monoisotopic (exact) mass is 575 g/mol. The van der Waals surface area contributed by atoms with Gasteiger partial charge in [-0.2, -0.15) is 0 Å². The number of carbonyl (C=O) groups excluding carboxylic acids is 1. The summed E-state index contributed by atoms with van der Waals surface area (Å²) in [5.74, 6) is 8.33. The van der Waals surface area contributed by atoms with Crippen molar-refractivity contribution in [3.8, 4) is 0 Å². The molecule has 0 aromatic heterocycles. The maximum atomic E-state index is 10.9. The molecule has 0 spiro atoms. The molecule has 0 amide bonds. The summed E-state index contributed by atoms with van der Waals surface area (Å²) in [6.07, 6.45) is 20.8. The Balaban J connectivity index is 0.00000129. The van der Waals surface area contributed by atoms with Gasteiger partial charge in [0, 0.05) is 13.0 Å². The fourth-order valence-electron chi connectivity index (χ4n) is 12.1. The summed E-state index contributed by atoms with van der Waals surface area (Å²) in [7, 11) is 0. The standard InChI is InChI=1S/C36H55NO2.C3H6/c1-8-37-20-19-35(6)29(25-11-9-10-12-25)13-14-31-33(4)17-15-28-26(21-32(2,3)23-27(39)24-38)22-34(28,5)30(33)16-18-36(31,35)7;1-3-2/h22,25,28-31,39H,1,9-21,23H2,2-7H3;3H,1H2,2H3/t28?,29?,30?,31?,33?,34?,35-,36?;/m1./s1. The Labute approximate surface area is 258 Å². The van der Waals surface area contributed by atoms with Crippen LogP contribution in [0.4, 0.5) is 0 Å². The van der Waals surface area contributed by atoms with Crippen molar-refractivity contribution < 1.29 is 9.90 Å². The molecule has 4 fully saturated rings. The molecule has 0 aromatic rings. The van der Waals surface area contributed by atoms with Gasteiger partial charge < -0.3 is 5.11 Å². The van der Waals surface area contributed by atoms with Crippen LogP contribution in [0.5, 0.6) is 0 Å². The summed E-state index contributed by atoms with van der Waals surface area (Å²) >= 11 is 0. The molecular formula is C39H61NO2. The lowest BCUT2D eigenvalue weighted by Gasteiger charge is -2.72. The van der Waals surface area contributed by atoms with Crippen molar-refractivity contribution in [2.24, 2.45) is 61.7 Å². The van der Waals surface area contributed by atoms with Gasteiger partial charge in [-0.15, -0.1) is 6.58 Å². The van der Waals surface area contributed by atoms with E-state index in [0.29, 0.717) is 28.6 Å². The minimum Gasteiger partial charge on any atom is -0.502 e. The minimum atomic E-state index is -0.138. The first-order chi connectivity index (χ1) is 19.8. The molecule has 4 saturated carbocycles. The summed E-state index contributed by atoms with van der Waals surface area (Å²) in [6.45, 7) is 24.9. The molecule has 234 valence electrons. The van der Waals surface area contributed by atoms with Crippen LogP contribution in [-0.2, 0) is 4.79 Å². The summed E-state index contributed by atoms with van der Waals surface area (Å²) in [5.41, 5.74) is 2.82. The van der Waals surface area contributed by atoms with E-state index in [4.69, 9.17) is 0 Å². The number of hydrogen-bond donors (Lipinski definition) is 1. The molecule has 0 bridgehead atoms. The Bertz CT molecular complexity index is 1130. The predicted molar refractivity (Wildman–Crippen MR) is 177 cm³/mol. The molecular weight excluding hydrogens is 514 g/mol. The Kier molecular flexibility index (Phi) is 9.68. The van der Waals surface area contributed by atoms with Crippen molar-refractivity contribution in [1.82, 2.24) is 0 Å². The number of nitrogens with zero attached hydrogens (tertiary/aromatic N) is 1. The molecule has 5 rings (SSSR count). The van der Waals surface area contributed by atoms with Gasteiger partial charge in [-0.05, 0) is 127 Å². The number of rotatable bonds is 8. The highest BCUT2D eigenvalue weighted by molar-refractivity contribution is 5.49. The van der Waals surface area contributed by atoms with E-state index in [0.717, 1.165) is 36.6 Å². The molecule has 0 saturated heterocycles. The molecule has 3 nitrogen and oxygen atoms in total. The first-order valence-corrected chi connectivity index (χ1v) is 17.2. The second-order valence-electron chi connectivity index (χ2n) is 16.7. The molecule has 3 heteroatoms. The van der Waals surface area contributed by atoms with E-state index in [1.807, 2.05) is 6.92 Å². The number of hydrogen-bond acceptors (Lipinski definition) is 3. The molecule has 0 aromatic carbocycles. The third-order valence-electron chi connectivity index (χ3n) is 13.9. The van der Waals surface area contributed by atoms with Crippen molar-refractivity contribution in [2.45, 2.75) is 132 Å². The molecule has 7 unspecified atom stereocenters. The van der Waals surface area contributed by atoms with E-state index >= 15 is 0 Å². The van der Waals surface area contributed by atoms with Gasteiger partial charge >= 0.3 is 0 Å². The van der Waals surface area contributed by atoms with Gasteiger partial charge in [-0.3, -0.25) is 0 Å². The predicted octanol–water partition coefficient (Wildman–Crippen LogP) is 10.5. The molecule has 8 atom stereocenters. The fraction of sp³-hybridized carbons (Fsp3) is 0.795. The normalized spacial score (nSPS) is 40.8. The maximum absolute atomic E-state index is 10.9. The van der Waals surface area contributed by atoms with Gasteiger partial charge in [0.25, 0.3) is 0 Å². The molecule has 0 heterocycles. The highest BCUT2D eigenvalue weighted by atomic mass is 16.3. The third-order valence-corrected chi connectivity index (χ3v) is 13.9. The third kappa shape index (κ3) is 5.48. The molecule has 1 N–H and O–H groups in total. The van der Waals surface area contributed by atoms with Gasteiger partial charge in [0.05, 0.1) is 0 Å². The van der Waals surface area contributed by atoms with E-state index in [9.17, 15) is 9.90 Å². The summed E-state index contributed by atoms with van der Waals surface area (Å²) < 4.78 is 0. The molecule has 5 aliphatic rings. The average molecular weight is 576 g/mol. The van der Waals surface area contributed by atoms with Crippen LogP contribution in [0.3, 0.4) is 0 Å². The number of aliphatic hydroxyl groups is 1. The van der Waals surface area contributed by atoms with Crippen molar-refractivity contribution in [3.63, 3.8) is 0 Å². The van der Waals surface area contributed by atoms with Gasteiger partial charge in [-0.25, -0.2) is 9.79 Å². The zero-order chi connectivity index (χ0) is 31.0. The van der Waals surface area contributed by atoms with E-state index in [1.165, 1.54) is 70.6 Å². The average Bonchev–Trinajstić information content (AvgIpc) is 3.44. The maximum Gasteiger partial charge on any atom is 0.177 e. The van der Waals surface area contributed by atoms with Gasteiger partial charge in [0.1, 0.15) is 0 Å². The summed E-state index contributed by atoms with van der Waals surface area (Å²) in [5, 5.41) is 9.86. The topological polar surface area (TPSA) is 49.7 Å². The number of aliphatic imine (C=N–C) groups is 1. The van der Waals surface area contributed by atoms with Crippen molar-refractivity contribution in [2.75, 3.05) is 6.54 Å². The van der Waals surface area contributed by atoms with E-state index in [1.54, 1.807) is 17.6 Å². The fourth-order valence-corrected chi connectivity index (χ4v) is 12.1. The van der Waals surface area contributed by atoms with Crippen molar-refractivity contribution in [3.05, 3.63) is 36.6 Å². The molecule has 0 aliphatic heterocycles. The molecule has 42 heavy (non-hydrogen) atoms. The Morgan fingerprint density at radius 2 is 1.74 bits per heavy atom. The largest absolute Gasteiger partial charge is 0.502 e. The van der Waals surface area contributed by atoms with Gasteiger partial charge in [-0.1, -0.05) is 85.0 Å². The van der Waals surface area contributed by atoms with Gasteiger partial charge in [0.2, 0.25) is 0 Å². The zero-order valence-electron chi connectivity index (χ0n) is 28.2. The lowest BCUT2D eigenvalue weighted by Crippen LogP contribution is -2.65. The molecule has 5 aliphatic carbocycles. The Morgan fingerprint density at radius 1 is 1.07 bits per heavy atom. The lowest BCUT2D eigenvalue weighted by molar-refractivity contribution is -0.220. The van der Waals surface area contributed by atoms with Crippen LogP contribution in [0.1, 0.15) is 132 Å². The molecule has 0 radical (unpaired) electrons. The SMILES string of the molecule is C=C=NCC[C@]1(C)C(C2CCCC2)CCC2C3(C)CCC4C(CC(C)(C)CC(O)=C=O)=CC4(C)C3CCC21C.C=CC. The summed E-state index contributed by atoms with van der Waals surface area (Å²) in [4.78, 5) is 15.5. The summed E-state index contributed by atoms with van der Waals surface area (Å²) in [6, 6.07) is 0. The minimum absolute atomic E-state index is 0.116. The highest BCUT2D eigenvalue weighted by Gasteiger charge is 2.68. The Morgan fingerprint density at radius 3 is 2.36 bits per heavy atom. The second kappa shape index (κ2) is 12.3. The van der Waals surface area contributed by atoms with Gasteiger partial charge in [0.15, 0.2) is 11.7 Å². The first kappa shape index (κ1) is 33.1. The number of fused-ring (bicyclic) bond motifs is 5.